The maximum absolute atomic E-state index is 12.5. The van der Waals surface area contributed by atoms with Crippen molar-refractivity contribution >= 4 is 15.9 Å². The van der Waals surface area contributed by atoms with E-state index >= 15 is 0 Å². The van der Waals surface area contributed by atoms with Gasteiger partial charge in [0.05, 0.1) is 5.56 Å². The monoisotopic (exact) mass is 278 g/mol. The number of nitrogens with zero attached hydrogens (tertiary/aromatic N) is 2. The number of benzene rings is 1. The van der Waals surface area contributed by atoms with Gasteiger partial charge in [-0.3, -0.25) is 4.79 Å². The molecule has 0 spiro atoms. The Bertz CT molecular complexity index is 632. The van der Waals surface area contributed by atoms with Gasteiger partial charge in [0.15, 0.2) is 0 Å². The predicted octanol–water partition coefficient (Wildman–Crippen LogP) is 1.65. The van der Waals surface area contributed by atoms with Crippen LogP contribution in [0.15, 0.2) is 29.2 Å². The molecule has 19 heavy (non-hydrogen) atoms. The molecule has 2 rings (SSSR count). The zero-order valence-corrected chi connectivity index (χ0v) is 11.2. The summed E-state index contributed by atoms with van der Waals surface area (Å²) in [6, 6.07) is 7.81. The smallest absolute Gasteiger partial charge is 0.267 e. The molecular weight excluding hydrogens is 264 g/mol. The number of hydrogen-bond donors (Lipinski definition) is 0. The van der Waals surface area contributed by atoms with E-state index in [4.69, 9.17) is 5.26 Å². The van der Waals surface area contributed by atoms with Gasteiger partial charge in [0, 0.05) is 13.0 Å². The van der Waals surface area contributed by atoms with Gasteiger partial charge in [-0.05, 0) is 25.0 Å². The highest BCUT2D eigenvalue weighted by atomic mass is 32.2. The number of amides is 1. The number of carbonyl (C=O) groups is 1. The van der Waals surface area contributed by atoms with Crippen LogP contribution < -0.4 is 0 Å². The first-order chi connectivity index (χ1) is 9.07. The van der Waals surface area contributed by atoms with Crippen LogP contribution in [-0.2, 0) is 14.8 Å². The average molecular weight is 278 g/mol. The Labute approximate surface area is 112 Å². The van der Waals surface area contributed by atoms with Crippen molar-refractivity contribution < 1.29 is 13.2 Å². The summed E-state index contributed by atoms with van der Waals surface area (Å²) < 4.78 is 25.9. The van der Waals surface area contributed by atoms with Crippen LogP contribution in [0.1, 0.15) is 31.2 Å². The lowest BCUT2D eigenvalue weighted by Gasteiger charge is -2.20. The molecule has 1 amide bonds. The standard InChI is InChI=1S/C13H14N2O3S/c14-10-11-6-3-4-7-12(11)19(17,18)15-9-5-1-2-8-13(15)16/h3-4,6-7H,1-2,5,8-9H2. The Kier molecular flexibility index (Phi) is 3.86. The van der Waals surface area contributed by atoms with Gasteiger partial charge in [0.1, 0.15) is 11.0 Å². The molecule has 1 aromatic rings. The van der Waals surface area contributed by atoms with Crippen LogP contribution in [0, 0.1) is 11.3 Å². The Morgan fingerprint density at radius 3 is 2.63 bits per heavy atom. The normalized spacial score (nSPS) is 16.8. The Balaban J connectivity index is 2.47. The van der Waals surface area contributed by atoms with Gasteiger partial charge in [0.2, 0.25) is 5.91 Å². The molecule has 1 heterocycles. The minimum atomic E-state index is -3.92. The van der Waals surface area contributed by atoms with Gasteiger partial charge in [-0.2, -0.15) is 5.26 Å². The fourth-order valence-corrected chi connectivity index (χ4v) is 3.72. The van der Waals surface area contributed by atoms with E-state index in [9.17, 15) is 13.2 Å². The fourth-order valence-electron chi connectivity index (χ4n) is 2.11. The molecule has 0 aliphatic carbocycles. The maximum atomic E-state index is 12.5. The van der Waals surface area contributed by atoms with Crippen LogP contribution in [0.4, 0.5) is 0 Å². The predicted molar refractivity (Wildman–Crippen MR) is 68.5 cm³/mol. The molecular formula is C13H14N2O3S. The number of sulfonamides is 1. The van der Waals surface area contributed by atoms with E-state index in [1.165, 1.54) is 12.1 Å². The second-order valence-electron chi connectivity index (χ2n) is 4.39. The Morgan fingerprint density at radius 2 is 1.89 bits per heavy atom. The molecule has 0 saturated carbocycles. The summed E-state index contributed by atoms with van der Waals surface area (Å²) >= 11 is 0. The molecule has 0 bridgehead atoms. The molecule has 0 aromatic heterocycles. The molecule has 1 aliphatic rings. The van der Waals surface area contributed by atoms with E-state index in [0.29, 0.717) is 12.8 Å². The second-order valence-corrected chi connectivity index (χ2v) is 6.22. The van der Waals surface area contributed by atoms with E-state index in [1.807, 2.05) is 6.07 Å². The molecule has 0 unspecified atom stereocenters. The molecule has 0 atom stereocenters. The molecule has 1 fully saturated rings. The van der Waals surface area contributed by atoms with Crippen molar-refractivity contribution in [2.45, 2.75) is 30.6 Å². The van der Waals surface area contributed by atoms with Gasteiger partial charge < -0.3 is 0 Å². The highest BCUT2D eigenvalue weighted by Gasteiger charge is 2.31. The summed E-state index contributed by atoms with van der Waals surface area (Å²) in [4.78, 5) is 11.8. The summed E-state index contributed by atoms with van der Waals surface area (Å²) in [5.41, 5.74) is 0.0690. The molecule has 6 heteroatoms. The quantitative estimate of drug-likeness (QED) is 0.824. The summed E-state index contributed by atoms with van der Waals surface area (Å²) in [7, 11) is -3.92. The molecule has 0 radical (unpaired) electrons. The van der Waals surface area contributed by atoms with Crippen molar-refractivity contribution in [3.8, 4) is 6.07 Å². The number of nitriles is 1. The Morgan fingerprint density at radius 1 is 1.16 bits per heavy atom. The van der Waals surface area contributed by atoms with Crippen LogP contribution >= 0.6 is 0 Å². The van der Waals surface area contributed by atoms with E-state index < -0.39 is 10.0 Å². The van der Waals surface area contributed by atoms with E-state index in [2.05, 4.69) is 0 Å². The second kappa shape index (κ2) is 5.41. The summed E-state index contributed by atoms with van der Waals surface area (Å²) in [6.07, 6.45) is 2.47. The third kappa shape index (κ3) is 2.61. The SMILES string of the molecule is N#Cc1ccccc1S(=O)(=O)N1CCCCCC1=O. The van der Waals surface area contributed by atoms with Crippen LogP contribution in [0.2, 0.25) is 0 Å². The van der Waals surface area contributed by atoms with Gasteiger partial charge in [-0.15, -0.1) is 0 Å². The number of carbonyl (C=O) groups excluding carboxylic acids is 1. The fraction of sp³-hybridized carbons (Fsp3) is 0.385. The van der Waals surface area contributed by atoms with Crippen LogP contribution in [0.3, 0.4) is 0 Å². The van der Waals surface area contributed by atoms with E-state index in [1.54, 1.807) is 12.1 Å². The van der Waals surface area contributed by atoms with Gasteiger partial charge in [0.25, 0.3) is 10.0 Å². The van der Waals surface area contributed by atoms with Gasteiger partial charge in [-0.1, -0.05) is 18.6 Å². The van der Waals surface area contributed by atoms with Crippen LogP contribution in [0.25, 0.3) is 0 Å². The first-order valence-electron chi connectivity index (χ1n) is 6.12. The molecule has 1 aliphatic heterocycles. The van der Waals surface area contributed by atoms with E-state index in [0.717, 1.165) is 10.7 Å². The minimum Gasteiger partial charge on any atom is -0.274 e. The average Bonchev–Trinajstić information content (AvgIpc) is 2.63. The third-order valence-corrected chi connectivity index (χ3v) is 4.98. The van der Waals surface area contributed by atoms with Crippen molar-refractivity contribution in [1.82, 2.24) is 4.31 Å². The topological polar surface area (TPSA) is 78.2 Å². The zero-order valence-electron chi connectivity index (χ0n) is 10.4. The summed E-state index contributed by atoms with van der Waals surface area (Å²) in [5.74, 6) is -0.384. The summed E-state index contributed by atoms with van der Waals surface area (Å²) in [5, 5.41) is 8.98. The van der Waals surface area contributed by atoms with Gasteiger partial charge >= 0.3 is 0 Å². The van der Waals surface area contributed by atoms with Crippen LogP contribution in [-0.4, -0.2) is 25.2 Å². The van der Waals surface area contributed by atoms with Crippen molar-refractivity contribution in [1.29, 1.82) is 5.26 Å². The highest BCUT2D eigenvalue weighted by molar-refractivity contribution is 7.89. The highest BCUT2D eigenvalue weighted by Crippen LogP contribution is 2.23. The summed E-state index contributed by atoms with van der Waals surface area (Å²) in [6.45, 7) is 0.195. The molecule has 1 saturated heterocycles. The maximum Gasteiger partial charge on any atom is 0.267 e. The molecule has 5 nitrogen and oxygen atoms in total. The van der Waals surface area contributed by atoms with Crippen molar-refractivity contribution in [2.24, 2.45) is 0 Å². The Hall–Kier alpha value is -1.87. The van der Waals surface area contributed by atoms with Gasteiger partial charge in [-0.25, -0.2) is 12.7 Å². The lowest BCUT2D eigenvalue weighted by atomic mass is 10.2. The largest absolute Gasteiger partial charge is 0.274 e. The first-order valence-corrected chi connectivity index (χ1v) is 7.56. The first kappa shape index (κ1) is 13.6. The minimum absolute atomic E-state index is 0.0690. The van der Waals surface area contributed by atoms with E-state index in [-0.39, 0.29) is 29.3 Å². The number of rotatable bonds is 2. The molecule has 100 valence electrons. The van der Waals surface area contributed by atoms with Crippen molar-refractivity contribution in [3.05, 3.63) is 29.8 Å². The van der Waals surface area contributed by atoms with Crippen LogP contribution in [0.5, 0.6) is 0 Å². The lowest BCUT2D eigenvalue weighted by Crippen LogP contribution is -2.36. The number of hydrogen-bond acceptors (Lipinski definition) is 4. The van der Waals surface area contributed by atoms with Crippen molar-refractivity contribution in [3.63, 3.8) is 0 Å². The van der Waals surface area contributed by atoms with Crippen molar-refractivity contribution in [2.75, 3.05) is 6.54 Å². The lowest BCUT2D eigenvalue weighted by molar-refractivity contribution is -0.126. The zero-order chi connectivity index (χ0) is 13.9. The molecule has 1 aromatic carbocycles. The third-order valence-electron chi connectivity index (χ3n) is 3.11. The molecule has 0 N–H and O–H groups in total.